The third-order valence-corrected chi connectivity index (χ3v) is 3.80. The van der Waals surface area contributed by atoms with Gasteiger partial charge in [-0.25, -0.2) is 0 Å². The zero-order valence-electron chi connectivity index (χ0n) is 9.98. The lowest BCUT2D eigenvalue weighted by Crippen LogP contribution is -2.40. The van der Waals surface area contributed by atoms with E-state index in [1.165, 1.54) is 11.1 Å². The zero-order chi connectivity index (χ0) is 11.7. The van der Waals surface area contributed by atoms with Crippen LogP contribution in [-0.2, 0) is 17.9 Å². The lowest BCUT2D eigenvalue weighted by atomic mass is 9.98. The molecular formula is C14H18N2O. The van der Waals surface area contributed by atoms with Crippen LogP contribution in [0.25, 0.3) is 0 Å². The van der Waals surface area contributed by atoms with Gasteiger partial charge in [0.15, 0.2) is 0 Å². The van der Waals surface area contributed by atoms with Crippen LogP contribution in [0, 0.1) is 5.92 Å². The largest absolute Gasteiger partial charge is 0.334 e. The lowest BCUT2D eigenvalue weighted by Gasteiger charge is -2.26. The van der Waals surface area contributed by atoms with Gasteiger partial charge in [0.1, 0.15) is 0 Å². The Hall–Kier alpha value is -1.35. The molecule has 0 aromatic heterocycles. The molecule has 1 N–H and O–H groups in total. The van der Waals surface area contributed by atoms with Crippen molar-refractivity contribution >= 4 is 5.91 Å². The van der Waals surface area contributed by atoms with Gasteiger partial charge in [0.05, 0.1) is 5.92 Å². The van der Waals surface area contributed by atoms with Gasteiger partial charge in [-0.05, 0) is 30.5 Å². The molecule has 2 aliphatic heterocycles. The fourth-order valence-corrected chi connectivity index (χ4v) is 2.81. The third-order valence-electron chi connectivity index (χ3n) is 3.80. The number of nitrogens with zero attached hydrogens (tertiary/aromatic N) is 1. The standard InChI is InChI=1S/C14H18N2O/c17-14(11-6-3-7-15-8-11)16-9-12-4-1-2-5-13(12)10-16/h1-2,4-5,11,15H,3,6-10H2/t11-/m1/s1. The van der Waals surface area contributed by atoms with Crippen molar-refractivity contribution in [3.05, 3.63) is 35.4 Å². The zero-order valence-corrected chi connectivity index (χ0v) is 9.98. The SMILES string of the molecule is O=C([C@@H]1CCCNC1)N1Cc2ccccc2C1. The molecule has 3 heteroatoms. The maximum absolute atomic E-state index is 12.4. The Morgan fingerprint density at radius 1 is 1.24 bits per heavy atom. The minimum atomic E-state index is 0.193. The van der Waals surface area contributed by atoms with Gasteiger partial charge in [-0.1, -0.05) is 24.3 Å². The molecule has 1 atom stereocenters. The minimum absolute atomic E-state index is 0.193. The van der Waals surface area contributed by atoms with Crippen molar-refractivity contribution in [1.82, 2.24) is 10.2 Å². The third kappa shape index (κ3) is 2.07. The van der Waals surface area contributed by atoms with Crippen molar-refractivity contribution in [3.8, 4) is 0 Å². The Balaban J connectivity index is 1.69. The van der Waals surface area contributed by atoms with Gasteiger partial charge in [-0.2, -0.15) is 0 Å². The summed E-state index contributed by atoms with van der Waals surface area (Å²) in [5.74, 6) is 0.520. The van der Waals surface area contributed by atoms with Crippen LogP contribution in [0.3, 0.4) is 0 Å². The molecule has 2 aliphatic rings. The topological polar surface area (TPSA) is 32.3 Å². The van der Waals surface area contributed by atoms with Crippen molar-refractivity contribution in [2.75, 3.05) is 13.1 Å². The first-order chi connectivity index (χ1) is 8.34. The predicted molar refractivity (Wildman–Crippen MR) is 66.3 cm³/mol. The number of nitrogens with one attached hydrogen (secondary N) is 1. The molecule has 0 saturated carbocycles. The van der Waals surface area contributed by atoms with Gasteiger partial charge < -0.3 is 10.2 Å². The van der Waals surface area contributed by atoms with Crippen LogP contribution in [0.5, 0.6) is 0 Å². The smallest absolute Gasteiger partial charge is 0.227 e. The molecule has 0 spiro atoms. The molecule has 17 heavy (non-hydrogen) atoms. The van der Waals surface area contributed by atoms with Gasteiger partial charge in [-0.15, -0.1) is 0 Å². The molecule has 0 bridgehead atoms. The average molecular weight is 230 g/mol. The second-order valence-corrected chi connectivity index (χ2v) is 5.01. The number of carbonyl (C=O) groups excluding carboxylic acids is 1. The number of hydrogen-bond donors (Lipinski definition) is 1. The molecule has 3 nitrogen and oxygen atoms in total. The van der Waals surface area contributed by atoms with Crippen LogP contribution in [0.15, 0.2) is 24.3 Å². The quantitative estimate of drug-likeness (QED) is 0.793. The van der Waals surface area contributed by atoms with Crippen LogP contribution in [-0.4, -0.2) is 23.9 Å². The van der Waals surface area contributed by atoms with Crippen LogP contribution in [0.1, 0.15) is 24.0 Å². The molecule has 3 rings (SSSR count). The number of fused-ring (bicyclic) bond motifs is 1. The molecule has 90 valence electrons. The van der Waals surface area contributed by atoms with Crippen LogP contribution in [0.2, 0.25) is 0 Å². The first-order valence-electron chi connectivity index (χ1n) is 6.41. The van der Waals surface area contributed by atoms with Crippen LogP contribution in [0.4, 0.5) is 0 Å². The first-order valence-corrected chi connectivity index (χ1v) is 6.41. The van der Waals surface area contributed by atoms with E-state index in [4.69, 9.17) is 0 Å². The highest BCUT2D eigenvalue weighted by atomic mass is 16.2. The number of amides is 1. The number of hydrogen-bond acceptors (Lipinski definition) is 2. The summed E-state index contributed by atoms with van der Waals surface area (Å²) in [4.78, 5) is 14.4. The molecule has 1 amide bonds. The number of rotatable bonds is 1. The van der Waals surface area contributed by atoms with Gasteiger partial charge in [0, 0.05) is 19.6 Å². The minimum Gasteiger partial charge on any atom is -0.334 e. The molecule has 1 saturated heterocycles. The number of carbonyl (C=O) groups is 1. The highest BCUT2D eigenvalue weighted by Gasteiger charge is 2.29. The van der Waals surface area contributed by atoms with E-state index in [0.29, 0.717) is 5.91 Å². The summed E-state index contributed by atoms with van der Waals surface area (Å²) in [6, 6.07) is 8.35. The van der Waals surface area contributed by atoms with Crippen LogP contribution < -0.4 is 5.32 Å². The first kappa shape index (κ1) is 10.8. The van der Waals surface area contributed by atoms with Crippen molar-refractivity contribution in [2.24, 2.45) is 5.92 Å². The molecule has 1 fully saturated rings. The summed E-state index contributed by atoms with van der Waals surface area (Å²) in [5, 5.41) is 3.31. The highest BCUT2D eigenvalue weighted by molar-refractivity contribution is 5.79. The van der Waals surface area contributed by atoms with Gasteiger partial charge >= 0.3 is 0 Å². The molecular weight excluding hydrogens is 212 g/mol. The second kappa shape index (κ2) is 4.49. The maximum Gasteiger partial charge on any atom is 0.227 e. The molecule has 2 heterocycles. The van der Waals surface area contributed by atoms with E-state index in [2.05, 4.69) is 29.6 Å². The van der Waals surface area contributed by atoms with E-state index in [-0.39, 0.29) is 5.92 Å². The summed E-state index contributed by atoms with van der Waals surface area (Å²) < 4.78 is 0. The predicted octanol–water partition coefficient (Wildman–Crippen LogP) is 1.53. The van der Waals surface area contributed by atoms with Gasteiger partial charge in [0.2, 0.25) is 5.91 Å². The van der Waals surface area contributed by atoms with E-state index in [1.54, 1.807) is 0 Å². The summed E-state index contributed by atoms with van der Waals surface area (Å²) >= 11 is 0. The van der Waals surface area contributed by atoms with Crippen molar-refractivity contribution in [2.45, 2.75) is 25.9 Å². The van der Waals surface area contributed by atoms with Gasteiger partial charge in [0.25, 0.3) is 0 Å². The Labute approximate surface area is 102 Å². The molecule has 0 aliphatic carbocycles. The van der Waals surface area contributed by atoms with E-state index in [9.17, 15) is 4.79 Å². The highest BCUT2D eigenvalue weighted by Crippen LogP contribution is 2.25. The lowest BCUT2D eigenvalue weighted by molar-refractivity contribution is -0.136. The monoisotopic (exact) mass is 230 g/mol. The summed E-state index contributed by atoms with van der Waals surface area (Å²) in [5.41, 5.74) is 2.62. The number of benzene rings is 1. The Morgan fingerprint density at radius 3 is 2.53 bits per heavy atom. The Bertz CT molecular complexity index is 399. The summed E-state index contributed by atoms with van der Waals surface area (Å²) in [6.45, 7) is 3.51. The molecule has 1 aromatic rings. The molecule has 0 unspecified atom stereocenters. The number of piperidine rings is 1. The maximum atomic E-state index is 12.4. The molecule has 0 radical (unpaired) electrons. The fraction of sp³-hybridized carbons (Fsp3) is 0.500. The average Bonchev–Trinajstić information content (AvgIpc) is 2.82. The summed E-state index contributed by atoms with van der Waals surface area (Å²) in [6.07, 6.45) is 2.16. The van der Waals surface area contributed by atoms with E-state index >= 15 is 0 Å². The Kier molecular flexibility index (Phi) is 2.85. The fourth-order valence-electron chi connectivity index (χ4n) is 2.81. The Morgan fingerprint density at radius 2 is 1.94 bits per heavy atom. The normalized spacial score (nSPS) is 23.5. The molecule has 1 aromatic carbocycles. The van der Waals surface area contributed by atoms with E-state index in [1.807, 2.05) is 4.90 Å². The van der Waals surface area contributed by atoms with Crippen molar-refractivity contribution in [1.29, 1.82) is 0 Å². The van der Waals surface area contributed by atoms with E-state index in [0.717, 1.165) is 39.0 Å². The van der Waals surface area contributed by atoms with Crippen molar-refractivity contribution < 1.29 is 4.79 Å². The van der Waals surface area contributed by atoms with Gasteiger partial charge in [-0.3, -0.25) is 4.79 Å². The van der Waals surface area contributed by atoms with E-state index < -0.39 is 0 Å². The second-order valence-electron chi connectivity index (χ2n) is 5.01. The van der Waals surface area contributed by atoms with Crippen molar-refractivity contribution in [3.63, 3.8) is 0 Å². The summed E-state index contributed by atoms with van der Waals surface area (Å²) in [7, 11) is 0. The van der Waals surface area contributed by atoms with Crippen LogP contribution >= 0.6 is 0 Å².